The number of rotatable bonds is 9. The van der Waals surface area contributed by atoms with E-state index in [9.17, 15) is 4.79 Å². The van der Waals surface area contributed by atoms with Gasteiger partial charge in [0.05, 0.1) is 22.9 Å². The molecule has 0 saturated heterocycles. The Bertz CT molecular complexity index is 883. The zero-order chi connectivity index (χ0) is 19.1. The van der Waals surface area contributed by atoms with Crippen LogP contribution in [0.25, 0.3) is 20.8 Å². The summed E-state index contributed by atoms with van der Waals surface area (Å²) in [5, 5.41) is 0.984. The SMILES string of the molecule is CCCCCCCCc1ccc2nc(-c3ccc(C(=O)OC)cc3)sc2c1. The van der Waals surface area contributed by atoms with Gasteiger partial charge in [-0.1, -0.05) is 57.2 Å². The molecule has 0 atom stereocenters. The van der Waals surface area contributed by atoms with Crippen LogP contribution in [0.3, 0.4) is 0 Å². The lowest BCUT2D eigenvalue weighted by Crippen LogP contribution is -2.00. The first kappa shape index (κ1) is 19.6. The summed E-state index contributed by atoms with van der Waals surface area (Å²) in [5.74, 6) is -0.315. The van der Waals surface area contributed by atoms with E-state index in [4.69, 9.17) is 9.72 Å². The Morgan fingerprint density at radius 1 is 1.00 bits per heavy atom. The molecule has 0 N–H and O–H groups in total. The molecule has 0 aliphatic heterocycles. The van der Waals surface area contributed by atoms with Crippen LogP contribution in [-0.4, -0.2) is 18.1 Å². The van der Waals surface area contributed by atoms with Crippen LogP contribution in [0.5, 0.6) is 0 Å². The quantitative estimate of drug-likeness (QED) is 0.307. The van der Waals surface area contributed by atoms with E-state index >= 15 is 0 Å². The lowest BCUT2D eigenvalue weighted by atomic mass is 10.0. The number of thiazole rings is 1. The van der Waals surface area contributed by atoms with Gasteiger partial charge < -0.3 is 4.74 Å². The number of aryl methyl sites for hydroxylation is 1. The maximum atomic E-state index is 11.6. The summed E-state index contributed by atoms with van der Waals surface area (Å²) >= 11 is 1.71. The highest BCUT2D eigenvalue weighted by atomic mass is 32.1. The molecule has 0 aliphatic rings. The molecule has 0 saturated carbocycles. The van der Waals surface area contributed by atoms with Gasteiger partial charge in [-0.25, -0.2) is 9.78 Å². The van der Waals surface area contributed by atoms with Crippen LogP contribution in [-0.2, 0) is 11.2 Å². The molecule has 0 amide bonds. The standard InChI is InChI=1S/C23H27NO2S/c1-3-4-5-6-7-8-9-17-10-15-20-21(16-17)27-22(24-20)18-11-13-19(14-12-18)23(25)26-2/h10-16H,3-9H2,1-2H3. The normalized spacial score (nSPS) is 11.0. The molecule has 4 heteroatoms. The molecule has 0 fully saturated rings. The van der Waals surface area contributed by atoms with Gasteiger partial charge in [0.25, 0.3) is 0 Å². The first-order valence-corrected chi connectivity index (χ1v) is 10.6. The smallest absolute Gasteiger partial charge is 0.337 e. The van der Waals surface area contributed by atoms with Gasteiger partial charge in [-0.3, -0.25) is 0 Å². The molecule has 3 nitrogen and oxygen atoms in total. The molecule has 27 heavy (non-hydrogen) atoms. The number of unbranched alkanes of at least 4 members (excludes halogenated alkanes) is 5. The second kappa shape index (κ2) is 9.65. The molecule has 2 aromatic carbocycles. The number of fused-ring (bicyclic) bond motifs is 1. The number of ether oxygens (including phenoxy) is 1. The van der Waals surface area contributed by atoms with Crippen molar-refractivity contribution in [3.63, 3.8) is 0 Å². The number of benzene rings is 2. The molecule has 0 spiro atoms. The number of esters is 1. The molecule has 142 valence electrons. The second-order valence-electron chi connectivity index (χ2n) is 6.91. The van der Waals surface area contributed by atoms with Gasteiger partial charge in [-0.05, 0) is 42.7 Å². The number of carbonyl (C=O) groups is 1. The fourth-order valence-corrected chi connectivity index (χ4v) is 4.26. The Hall–Kier alpha value is -2.20. The van der Waals surface area contributed by atoms with Crippen LogP contribution in [0, 0.1) is 0 Å². The minimum Gasteiger partial charge on any atom is -0.465 e. The minimum absolute atomic E-state index is 0.315. The average Bonchev–Trinajstić information content (AvgIpc) is 3.13. The summed E-state index contributed by atoms with van der Waals surface area (Å²) in [6, 6.07) is 14.1. The highest BCUT2D eigenvalue weighted by Gasteiger charge is 2.09. The van der Waals surface area contributed by atoms with E-state index in [1.807, 2.05) is 12.1 Å². The number of hydrogen-bond donors (Lipinski definition) is 0. The molecular weight excluding hydrogens is 354 g/mol. The van der Waals surface area contributed by atoms with E-state index in [0.29, 0.717) is 5.56 Å². The average molecular weight is 382 g/mol. The monoisotopic (exact) mass is 381 g/mol. The van der Waals surface area contributed by atoms with Crippen LogP contribution in [0.15, 0.2) is 42.5 Å². The third kappa shape index (κ3) is 5.16. The Morgan fingerprint density at radius 3 is 2.48 bits per heavy atom. The Morgan fingerprint density at radius 2 is 1.74 bits per heavy atom. The molecule has 3 rings (SSSR count). The van der Waals surface area contributed by atoms with Gasteiger partial charge in [-0.15, -0.1) is 11.3 Å². The van der Waals surface area contributed by atoms with Crippen LogP contribution >= 0.6 is 11.3 Å². The molecule has 1 aromatic heterocycles. The van der Waals surface area contributed by atoms with Crippen molar-refractivity contribution >= 4 is 27.5 Å². The van der Waals surface area contributed by atoms with E-state index in [2.05, 4.69) is 25.1 Å². The molecule has 0 bridgehead atoms. The van der Waals surface area contributed by atoms with Crippen LogP contribution in [0.1, 0.15) is 61.4 Å². The zero-order valence-corrected chi connectivity index (χ0v) is 17.0. The largest absolute Gasteiger partial charge is 0.465 e. The predicted molar refractivity (Wildman–Crippen MR) is 113 cm³/mol. The van der Waals surface area contributed by atoms with Gasteiger partial charge in [0.1, 0.15) is 5.01 Å². The van der Waals surface area contributed by atoms with E-state index in [-0.39, 0.29) is 5.97 Å². The van der Waals surface area contributed by atoms with E-state index in [1.165, 1.54) is 55.9 Å². The van der Waals surface area contributed by atoms with Crippen molar-refractivity contribution in [3.05, 3.63) is 53.6 Å². The Kier molecular flexibility index (Phi) is 6.99. The van der Waals surface area contributed by atoms with Crippen molar-refractivity contribution in [2.75, 3.05) is 7.11 Å². The number of methoxy groups -OCH3 is 1. The second-order valence-corrected chi connectivity index (χ2v) is 7.94. The first-order valence-electron chi connectivity index (χ1n) is 9.79. The summed E-state index contributed by atoms with van der Waals surface area (Å²) < 4.78 is 5.98. The van der Waals surface area contributed by atoms with Crippen molar-refractivity contribution < 1.29 is 9.53 Å². The maximum Gasteiger partial charge on any atom is 0.337 e. The Labute approximate surface area is 165 Å². The van der Waals surface area contributed by atoms with Gasteiger partial charge in [0.15, 0.2) is 0 Å². The summed E-state index contributed by atoms with van der Waals surface area (Å²) in [5.41, 5.74) is 4.03. The lowest BCUT2D eigenvalue weighted by Gasteiger charge is -2.02. The highest BCUT2D eigenvalue weighted by molar-refractivity contribution is 7.21. The third-order valence-corrected chi connectivity index (χ3v) is 5.89. The maximum absolute atomic E-state index is 11.6. The fraction of sp³-hybridized carbons (Fsp3) is 0.391. The van der Waals surface area contributed by atoms with E-state index in [1.54, 1.807) is 23.5 Å². The molecule has 0 aliphatic carbocycles. The van der Waals surface area contributed by atoms with Gasteiger partial charge in [-0.2, -0.15) is 0 Å². The predicted octanol–water partition coefficient (Wildman–Crippen LogP) is 6.65. The number of carbonyl (C=O) groups excluding carboxylic acids is 1. The van der Waals surface area contributed by atoms with Gasteiger partial charge in [0.2, 0.25) is 0 Å². The molecule has 0 radical (unpaired) electrons. The Balaban J connectivity index is 1.66. The highest BCUT2D eigenvalue weighted by Crippen LogP contribution is 2.31. The van der Waals surface area contributed by atoms with Crippen molar-refractivity contribution in [2.45, 2.75) is 51.9 Å². The van der Waals surface area contributed by atoms with E-state index < -0.39 is 0 Å². The van der Waals surface area contributed by atoms with Crippen LogP contribution in [0.2, 0.25) is 0 Å². The van der Waals surface area contributed by atoms with Crippen LogP contribution < -0.4 is 0 Å². The summed E-state index contributed by atoms with van der Waals surface area (Å²) in [7, 11) is 1.40. The lowest BCUT2D eigenvalue weighted by molar-refractivity contribution is 0.0601. The molecule has 3 aromatic rings. The van der Waals surface area contributed by atoms with Crippen molar-refractivity contribution in [1.29, 1.82) is 0 Å². The first-order chi connectivity index (χ1) is 13.2. The fourth-order valence-electron chi connectivity index (χ4n) is 3.22. The molecule has 1 heterocycles. The van der Waals surface area contributed by atoms with Gasteiger partial charge in [0, 0.05) is 5.56 Å². The van der Waals surface area contributed by atoms with Gasteiger partial charge >= 0.3 is 5.97 Å². The summed E-state index contributed by atoms with van der Waals surface area (Å²) in [4.78, 5) is 16.3. The zero-order valence-electron chi connectivity index (χ0n) is 16.2. The van der Waals surface area contributed by atoms with Crippen molar-refractivity contribution in [2.24, 2.45) is 0 Å². The number of hydrogen-bond acceptors (Lipinski definition) is 4. The molecule has 0 unspecified atom stereocenters. The van der Waals surface area contributed by atoms with Crippen molar-refractivity contribution in [3.8, 4) is 10.6 Å². The summed E-state index contributed by atoms with van der Waals surface area (Å²) in [6.07, 6.45) is 9.09. The van der Waals surface area contributed by atoms with Crippen molar-refractivity contribution in [1.82, 2.24) is 4.98 Å². The van der Waals surface area contributed by atoms with E-state index in [0.717, 1.165) is 22.5 Å². The number of nitrogens with zero attached hydrogens (tertiary/aromatic N) is 1. The molecular formula is C23H27NO2S. The third-order valence-electron chi connectivity index (χ3n) is 4.82. The van der Waals surface area contributed by atoms with Crippen LogP contribution in [0.4, 0.5) is 0 Å². The minimum atomic E-state index is -0.315. The summed E-state index contributed by atoms with van der Waals surface area (Å²) in [6.45, 7) is 2.26. The number of aromatic nitrogens is 1. The topological polar surface area (TPSA) is 39.2 Å².